The zero-order valence-electron chi connectivity index (χ0n) is 30.9. The van der Waals surface area contributed by atoms with E-state index in [-0.39, 0.29) is 30.8 Å². The summed E-state index contributed by atoms with van der Waals surface area (Å²) in [5.74, 6) is -1.61. The van der Waals surface area contributed by atoms with Gasteiger partial charge in [-0.25, -0.2) is 0 Å². The molecule has 17 atom stereocenters. The number of aliphatic carboxylic acids is 1. The number of carboxylic acid groups (broad SMARTS) is 1. The van der Waals surface area contributed by atoms with Crippen molar-refractivity contribution in [2.45, 2.75) is 143 Å². The van der Waals surface area contributed by atoms with Crippen LogP contribution in [0.4, 0.5) is 0 Å². The molecule has 6 aliphatic rings. The summed E-state index contributed by atoms with van der Waals surface area (Å²) < 4.78 is 24.5. The van der Waals surface area contributed by atoms with E-state index in [0.717, 1.165) is 24.8 Å². The molecule has 4 aliphatic carbocycles. The van der Waals surface area contributed by atoms with Gasteiger partial charge in [0.1, 0.15) is 36.6 Å². The molecule has 0 aromatic carbocycles. The molecule has 2 saturated heterocycles. The van der Waals surface area contributed by atoms with Crippen LogP contribution in [0.25, 0.3) is 0 Å². The fourth-order valence-corrected chi connectivity index (χ4v) is 12.5. The number of fused-ring (bicyclic) bond motifs is 3. The average Bonchev–Trinajstić information content (AvgIpc) is 3.04. The van der Waals surface area contributed by atoms with E-state index >= 15 is 0 Å². The van der Waals surface area contributed by atoms with Gasteiger partial charge in [-0.3, -0.25) is 9.59 Å². The number of carbonyl (C=O) groups excluding carboxylic acids is 1. The molecular formula is C38H60O12. The molecule has 1 unspecified atom stereocenters. The van der Waals surface area contributed by atoms with Crippen molar-refractivity contribution < 1.29 is 59.2 Å². The number of ether oxygens (including phenoxy) is 4. The third-order valence-electron chi connectivity index (χ3n) is 15.6. The molecule has 12 heteroatoms. The number of aliphatic hydroxyl groups is 5. The maximum atomic E-state index is 13.4. The molecule has 3 saturated carbocycles. The van der Waals surface area contributed by atoms with E-state index in [1.54, 1.807) is 0 Å². The highest BCUT2D eigenvalue weighted by molar-refractivity contribution is 5.73. The Morgan fingerprint density at radius 3 is 2.26 bits per heavy atom. The summed E-state index contributed by atoms with van der Waals surface area (Å²) in [6.45, 7) is 15.8. The quantitative estimate of drug-likeness (QED) is 0.129. The van der Waals surface area contributed by atoms with E-state index in [9.17, 15) is 40.2 Å². The number of hydrogen-bond donors (Lipinski definition) is 6. The summed E-state index contributed by atoms with van der Waals surface area (Å²) in [6.07, 6.45) is -4.59. The molecule has 0 amide bonds. The Labute approximate surface area is 295 Å². The zero-order chi connectivity index (χ0) is 36.9. The summed E-state index contributed by atoms with van der Waals surface area (Å²) in [5, 5.41) is 64.6. The highest BCUT2D eigenvalue weighted by Crippen LogP contribution is 2.75. The molecule has 6 N–H and O–H groups in total. The van der Waals surface area contributed by atoms with Gasteiger partial charge in [0.15, 0.2) is 12.6 Å². The molecule has 0 radical (unpaired) electrons. The van der Waals surface area contributed by atoms with Crippen LogP contribution in [0, 0.1) is 56.7 Å². The Hall–Kier alpha value is -1.64. The monoisotopic (exact) mass is 708 g/mol. The second-order valence-electron chi connectivity index (χ2n) is 18.0. The van der Waals surface area contributed by atoms with Crippen LogP contribution in [-0.2, 0) is 28.5 Å². The predicted octanol–water partition coefficient (Wildman–Crippen LogP) is 3.01. The lowest BCUT2D eigenvalue weighted by molar-refractivity contribution is -0.369. The van der Waals surface area contributed by atoms with Crippen molar-refractivity contribution in [3.63, 3.8) is 0 Å². The van der Waals surface area contributed by atoms with Crippen molar-refractivity contribution in [1.29, 1.82) is 0 Å². The zero-order valence-corrected chi connectivity index (χ0v) is 30.9. The minimum absolute atomic E-state index is 0.0419. The average molecular weight is 709 g/mol. The van der Waals surface area contributed by atoms with Gasteiger partial charge >= 0.3 is 11.9 Å². The Balaban J connectivity index is 1.42. The molecule has 50 heavy (non-hydrogen) atoms. The van der Waals surface area contributed by atoms with Gasteiger partial charge in [-0.1, -0.05) is 60.1 Å². The van der Waals surface area contributed by atoms with E-state index in [0.29, 0.717) is 18.8 Å². The summed E-state index contributed by atoms with van der Waals surface area (Å²) in [6, 6.07) is 0. The normalized spacial score (nSPS) is 52.2. The van der Waals surface area contributed by atoms with Crippen molar-refractivity contribution >= 4 is 11.9 Å². The van der Waals surface area contributed by atoms with E-state index < -0.39 is 101 Å². The lowest BCUT2D eigenvalue weighted by atomic mass is 9.34. The van der Waals surface area contributed by atoms with E-state index in [2.05, 4.69) is 47.6 Å². The summed E-state index contributed by atoms with van der Waals surface area (Å²) in [5.41, 5.74) is -2.15. The highest BCUT2D eigenvalue weighted by Gasteiger charge is 2.74. The van der Waals surface area contributed by atoms with Crippen LogP contribution >= 0.6 is 0 Å². The molecule has 12 nitrogen and oxygen atoms in total. The molecule has 5 fully saturated rings. The summed E-state index contributed by atoms with van der Waals surface area (Å²) >= 11 is 0. The highest BCUT2D eigenvalue weighted by atomic mass is 16.7. The van der Waals surface area contributed by atoms with Gasteiger partial charge in [-0.15, -0.1) is 0 Å². The van der Waals surface area contributed by atoms with Crippen molar-refractivity contribution in [2.75, 3.05) is 13.2 Å². The molecule has 0 aromatic heterocycles. The first kappa shape index (κ1) is 38.1. The fraction of sp³-hybridized carbons (Fsp3) is 0.895. The number of aliphatic hydroxyl groups excluding tert-OH is 5. The molecule has 6 rings (SSSR count). The maximum absolute atomic E-state index is 13.4. The number of carboxylic acids is 1. The number of allylic oxidation sites excluding steroid dienone is 1. The second kappa shape index (κ2) is 12.7. The lowest BCUT2D eigenvalue weighted by Crippen LogP contribution is -2.73. The van der Waals surface area contributed by atoms with Crippen molar-refractivity contribution in [3.05, 3.63) is 11.6 Å². The Bertz CT molecular complexity index is 1370. The number of carbonyl (C=O) groups is 2. The van der Waals surface area contributed by atoms with Gasteiger partial charge in [0, 0.05) is 24.2 Å². The first-order chi connectivity index (χ1) is 23.2. The molecule has 0 aromatic rings. The third kappa shape index (κ3) is 5.13. The lowest BCUT2D eigenvalue weighted by Gasteiger charge is -2.71. The first-order valence-corrected chi connectivity index (χ1v) is 18.6. The van der Waals surface area contributed by atoms with Gasteiger partial charge in [0.2, 0.25) is 0 Å². The van der Waals surface area contributed by atoms with Gasteiger partial charge in [0.25, 0.3) is 0 Å². The molecule has 2 aliphatic heterocycles. The topological polar surface area (TPSA) is 192 Å². The van der Waals surface area contributed by atoms with E-state index in [4.69, 9.17) is 18.9 Å². The summed E-state index contributed by atoms with van der Waals surface area (Å²) in [4.78, 5) is 26.1. The molecule has 2 bridgehead atoms. The van der Waals surface area contributed by atoms with E-state index in [1.165, 1.54) is 6.92 Å². The number of esters is 1. The maximum Gasteiger partial charge on any atom is 0.307 e. The van der Waals surface area contributed by atoms with Crippen LogP contribution in [0.2, 0.25) is 0 Å². The van der Waals surface area contributed by atoms with Crippen molar-refractivity contribution in [2.24, 2.45) is 56.7 Å². The molecule has 0 spiro atoms. The first-order valence-electron chi connectivity index (χ1n) is 18.6. The van der Waals surface area contributed by atoms with Crippen LogP contribution < -0.4 is 0 Å². The largest absolute Gasteiger partial charge is 0.481 e. The molecule has 284 valence electrons. The third-order valence-corrected chi connectivity index (χ3v) is 15.6. The standard InChI is InChI=1S/C38H60O12/c1-18(2)19(3)34(5)13-14-36(7)21-9-10-25-35(6)17-47-33(46)38(25,22(21)11-12-37(36,8)29(34)31(44)45)15-23(48-20(4)40)30(35)50-32-28(43)27(42)26(41)24(16-39)49-32/h11,18-19,21,23-30,32-33,39,41-43,46H,9-10,12-17H2,1-8H3,(H,44,45)/t19-,21+,23-,24-,25+,26-,27+,28-,29-,30+,32+,33?,34-,35+,36-,37+,38-/m1/s1. The second-order valence-corrected chi connectivity index (χ2v) is 18.0. The molecular weight excluding hydrogens is 648 g/mol. The van der Waals surface area contributed by atoms with Crippen LogP contribution in [-0.4, -0.2) is 105 Å². The minimum atomic E-state index is -1.65. The van der Waals surface area contributed by atoms with Crippen LogP contribution in [0.5, 0.6) is 0 Å². The minimum Gasteiger partial charge on any atom is -0.481 e. The fourth-order valence-electron chi connectivity index (χ4n) is 12.5. The smallest absolute Gasteiger partial charge is 0.307 e. The Morgan fingerprint density at radius 1 is 0.980 bits per heavy atom. The summed E-state index contributed by atoms with van der Waals surface area (Å²) in [7, 11) is 0. The number of rotatable bonds is 7. The van der Waals surface area contributed by atoms with Gasteiger partial charge < -0.3 is 49.6 Å². The number of hydrogen-bond acceptors (Lipinski definition) is 11. The molecule has 2 heterocycles. The van der Waals surface area contributed by atoms with E-state index in [1.807, 2.05) is 6.92 Å². The van der Waals surface area contributed by atoms with Gasteiger partial charge in [-0.05, 0) is 72.0 Å². The Morgan fingerprint density at radius 2 is 1.66 bits per heavy atom. The predicted molar refractivity (Wildman–Crippen MR) is 179 cm³/mol. The van der Waals surface area contributed by atoms with Crippen molar-refractivity contribution in [3.8, 4) is 0 Å². The van der Waals surface area contributed by atoms with Gasteiger partial charge in [0.05, 0.1) is 19.1 Å². The van der Waals surface area contributed by atoms with Crippen LogP contribution in [0.15, 0.2) is 11.6 Å². The Kier molecular flexibility index (Phi) is 9.71. The van der Waals surface area contributed by atoms with Crippen LogP contribution in [0.3, 0.4) is 0 Å². The van der Waals surface area contributed by atoms with Gasteiger partial charge in [-0.2, -0.15) is 0 Å². The van der Waals surface area contributed by atoms with Crippen LogP contribution in [0.1, 0.15) is 93.9 Å². The SMILES string of the molecule is CC(=O)O[C@@H]1C[C@@]23C4=CC[C@@]5(C)[C@H](C(=O)O)[C@@](C)([C@H](C)C(C)C)CC[C@]5(C)[C@H]4CC[C@H]2[C@](C)(COC3O)[C@H]1O[C@@H]1O[C@H](CO)[C@@H](O)[C@H](O)[C@H]1O. The van der Waals surface area contributed by atoms with Crippen molar-refractivity contribution in [1.82, 2.24) is 0 Å².